The zero-order chi connectivity index (χ0) is 28.9. The minimum atomic E-state index is 0.160. The van der Waals surface area contributed by atoms with E-state index < -0.39 is 0 Å². The van der Waals surface area contributed by atoms with E-state index in [1.54, 1.807) is 32.8 Å². The second kappa shape index (κ2) is 15.5. The van der Waals surface area contributed by atoms with Crippen LogP contribution in [-0.2, 0) is 15.9 Å². The van der Waals surface area contributed by atoms with Gasteiger partial charge in [0, 0.05) is 35.9 Å². The third-order valence-electron chi connectivity index (χ3n) is 6.53. The van der Waals surface area contributed by atoms with Gasteiger partial charge in [-0.2, -0.15) is 4.98 Å². The van der Waals surface area contributed by atoms with E-state index in [1.165, 1.54) is 0 Å². The number of nitrogens with one attached hydrogen (secondary N) is 2. The third kappa shape index (κ3) is 8.21. The second-order valence-electron chi connectivity index (χ2n) is 9.31. The van der Waals surface area contributed by atoms with Gasteiger partial charge < -0.3 is 29.6 Å². The number of aliphatic hydroxyl groups excluding tert-OH is 1. The Morgan fingerprint density at radius 3 is 2.70 bits per heavy atom. The highest BCUT2D eigenvalue weighted by atomic mass is 16.5. The largest absolute Gasteiger partial charge is 0.504 e. The van der Waals surface area contributed by atoms with E-state index in [1.807, 2.05) is 38.1 Å². The predicted octanol–water partition coefficient (Wildman–Crippen LogP) is 6.18. The number of furan rings is 1. The van der Waals surface area contributed by atoms with Gasteiger partial charge in [-0.25, -0.2) is 4.98 Å². The van der Waals surface area contributed by atoms with Gasteiger partial charge in [0.05, 0.1) is 44.5 Å². The molecule has 0 aliphatic carbocycles. The van der Waals surface area contributed by atoms with E-state index in [2.05, 4.69) is 35.2 Å². The van der Waals surface area contributed by atoms with Crippen molar-refractivity contribution in [3.63, 3.8) is 0 Å². The van der Waals surface area contributed by atoms with Crippen molar-refractivity contribution < 1.29 is 19.0 Å². The maximum atomic E-state index is 9.64. The monoisotopic (exact) mass is 547 g/mol. The molecule has 214 valence electrons. The number of hydrogen-bond donors (Lipinski definition) is 3. The molecule has 9 heteroatoms. The van der Waals surface area contributed by atoms with Crippen molar-refractivity contribution in [2.75, 3.05) is 44.5 Å². The Labute approximate surface area is 236 Å². The van der Waals surface area contributed by atoms with E-state index in [9.17, 15) is 5.11 Å². The van der Waals surface area contributed by atoms with Crippen LogP contribution in [0.2, 0.25) is 0 Å². The number of anilines is 2. The molecule has 0 saturated carbocycles. The molecular formula is C31H41N5O4. The number of nitrogens with zero attached hydrogens (tertiary/aromatic N) is 3. The fourth-order valence-corrected chi connectivity index (χ4v) is 4.19. The van der Waals surface area contributed by atoms with Crippen LogP contribution in [-0.4, -0.2) is 54.0 Å². The van der Waals surface area contributed by atoms with E-state index in [0.717, 1.165) is 52.8 Å². The lowest BCUT2D eigenvalue weighted by atomic mass is 10.0. The fraction of sp³-hybridized carbons (Fsp3) is 0.419. The molecule has 0 spiro atoms. The molecule has 3 aromatic heterocycles. The van der Waals surface area contributed by atoms with Gasteiger partial charge in [0.15, 0.2) is 5.58 Å². The first kappa shape index (κ1) is 30.5. The Morgan fingerprint density at radius 1 is 1.20 bits per heavy atom. The smallest absolute Gasteiger partial charge is 0.225 e. The summed E-state index contributed by atoms with van der Waals surface area (Å²) in [4.78, 5) is 14.1. The van der Waals surface area contributed by atoms with Crippen LogP contribution in [0.15, 0.2) is 64.3 Å². The first-order chi connectivity index (χ1) is 19.5. The number of aliphatic hydroxyl groups is 1. The van der Waals surface area contributed by atoms with Crippen LogP contribution in [0.4, 0.5) is 11.8 Å². The van der Waals surface area contributed by atoms with Crippen LogP contribution in [0, 0.1) is 12.8 Å². The molecule has 0 amide bonds. The van der Waals surface area contributed by atoms with Gasteiger partial charge >= 0.3 is 0 Å². The number of fused-ring (bicyclic) bond motifs is 1. The lowest BCUT2D eigenvalue weighted by Gasteiger charge is -2.16. The van der Waals surface area contributed by atoms with Gasteiger partial charge in [-0.05, 0) is 56.9 Å². The molecule has 3 N–H and O–H groups in total. The lowest BCUT2D eigenvalue weighted by molar-refractivity contribution is 0.217. The summed E-state index contributed by atoms with van der Waals surface area (Å²) in [5.41, 5.74) is 7.37. The molecule has 9 nitrogen and oxygen atoms in total. The molecule has 3 aromatic rings. The van der Waals surface area contributed by atoms with Gasteiger partial charge in [0.1, 0.15) is 17.3 Å². The molecule has 1 atom stereocenters. The molecular weight excluding hydrogens is 506 g/mol. The average Bonchev–Trinajstić information content (AvgIpc) is 3.38. The van der Waals surface area contributed by atoms with Crippen LogP contribution >= 0.6 is 0 Å². The Hall–Kier alpha value is -4.07. The number of hydrogen-bond acceptors (Lipinski definition) is 9. The normalized spacial score (nSPS) is 12.3. The second-order valence-corrected chi connectivity index (χ2v) is 9.31. The summed E-state index contributed by atoms with van der Waals surface area (Å²) in [7, 11) is 3.19. The zero-order valence-corrected chi connectivity index (χ0v) is 24.4. The summed E-state index contributed by atoms with van der Waals surface area (Å²) in [6, 6.07) is 4.06. The van der Waals surface area contributed by atoms with Crippen molar-refractivity contribution >= 4 is 22.7 Å². The number of methoxy groups -OCH3 is 2. The Morgan fingerprint density at radius 2 is 2.02 bits per heavy atom. The number of pyridine rings is 1. The molecule has 0 saturated heterocycles. The molecule has 0 fully saturated rings. The number of allylic oxidation sites excluding steroid dienone is 1. The van der Waals surface area contributed by atoms with Gasteiger partial charge in [0.25, 0.3) is 0 Å². The van der Waals surface area contributed by atoms with Gasteiger partial charge in [-0.3, -0.25) is 4.98 Å². The topological polar surface area (TPSA) is 115 Å². The molecule has 0 aliphatic heterocycles. The van der Waals surface area contributed by atoms with E-state index in [0.29, 0.717) is 36.4 Å². The Bertz CT molecular complexity index is 1380. The first-order valence-electron chi connectivity index (χ1n) is 13.7. The maximum Gasteiger partial charge on any atom is 0.225 e. The highest BCUT2D eigenvalue weighted by Gasteiger charge is 2.19. The van der Waals surface area contributed by atoms with Crippen LogP contribution in [0.1, 0.15) is 45.0 Å². The number of aromatic nitrogens is 3. The SMILES string of the molecule is CC=C=C(/C=C(\C=C\OC)OC)CNc1nc(C)c(-c2cc3cc(CC)ncc3o2)c(NCCC(CC)CO)n1. The summed E-state index contributed by atoms with van der Waals surface area (Å²) in [6.07, 6.45) is 11.3. The standard InChI is InChI=1S/C31H41N5O4/c1-7-10-23(15-26(39-6)12-14-38-5)18-34-31-35-21(4)29(30(36-31)32-13-11-22(8-2)20-37)27-17-24-16-25(9-3)33-19-28(24)40-27/h7,12,14-17,19,22,37H,8-9,11,13,18,20H2,1-6H3,(H2,32,34,35,36)/b14-12+,26-15+. The third-order valence-corrected chi connectivity index (χ3v) is 6.53. The molecule has 0 bridgehead atoms. The summed E-state index contributed by atoms with van der Waals surface area (Å²) < 4.78 is 16.6. The lowest BCUT2D eigenvalue weighted by Crippen LogP contribution is -2.15. The molecule has 3 heterocycles. The summed E-state index contributed by atoms with van der Waals surface area (Å²) in [5, 5.41) is 17.4. The van der Waals surface area contributed by atoms with Crippen LogP contribution in [0.3, 0.4) is 0 Å². The van der Waals surface area contributed by atoms with Crippen molar-refractivity contribution in [3.8, 4) is 11.3 Å². The summed E-state index contributed by atoms with van der Waals surface area (Å²) in [6.45, 7) is 9.25. The van der Waals surface area contributed by atoms with Crippen molar-refractivity contribution in [1.82, 2.24) is 15.0 Å². The van der Waals surface area contributed by atoms with Crippen molar-refractivity contribution in [2.45, 2.75) is 47.0 Å². The molecule has 0 aromatic carbocycles. The molecule has 3 rings (SSSR count). The predicted molar refractivity (Wildman–Crippen MR) is 160 cm³/mol. The van der Waals surface area contributed by atoms with Crippen molar-refractivity contribution in [2.24, 2.45) is 5.92 Å². The molecule has 1 unspecified atom stereocenters. The molecule has 0 radical (unpaired) electrons. The van der Waals surface area contributed by atoms with Crippen LogP contribution < -0.4 is 10.6 Å². The van der Waals surface area contributed by atoms with Gasteiger partial charge in [-0.1, -0.05) is 20.3 Å². The number of rotatable bonds is 15. The van der Waals surface area contributed by atoms with E-state index >= 15 is 0 Å². The average molecular weight is 548 g/mol. The quantitative estimate of drug-likeness (QED) is 0.117. The summed E-state index contributed by atoms with van der Waals surface area (Å²) in [5.74, 6) is 2.67. The highest BCUT2D eigenvalue weighted by molar-refractivity contribution is 5.86. The fourth-order valence-electron chi connectivity index (χ4n) is 4.19. The maximum absolute atomic E-state index is 9.64. The number of ether oxygens (including phenoxy) is 2. The minimum Gasteiger partial charge on any atom is -0.504 e. The molecule has 40 heavy (non-hydrogen) atoms. The van der Waals surface area contributed by atoms with E-state index in [4.69, 9.17) is 23.9 Å². The zero-order valence-electron chi connectivity index (χ0n) is 24.4. The first-order valence-corrected chi connectivity index (χ1v) is 13.7. The van der Waals surface area contributed by atoms with Gasteiger partial charge in [0.2, 0.25) is 5.95 Å². The Kier molecular flexibility index (Phi) is 11.8. The Balaban J connectivity index is 1.95. The number of aryl methyl sites for hydroxylation is 2. The van der Waals surface area contributed by atoms with E-state index in [-0.39, 0.29) is 12.5 Å². The van der Waals surface area contributed by atoms with Crippen LogP contribution in [0.25, 0.3) is 22.3 Å². The molecule has 0 aliphatic rings. The van der Waals surface area contributed by atoms with Crippen molar-refractivity contribution in [1.29, 1.82) is 0 Å². The summed E-state index contributed by atoms with van der Waals surface area (Å²) >= 11 is 0. The minimum absolute atomic E-state index is 0.160. The van der Waals surface area contributed by atoms with Crippen molar-refractivity contribution in [3.05, 3.63) is 71.3 Å². The van der Waals surface area contributed by atoms with Gasteiger partial charge in [-0.15, -0.1) is 5.73 Å². The van der Waals surface area contributed by atoms with Crippen LogP contribution in [0.5, 0.6) is 0 Å². The highest BCUT2D eigenvalue weighted by Crippen LogP contribution is 2.34.